The minimum atomic E-state index is -4.76. The topological polar surface area (TPSA) is 75.2 Å². The van der Waals surface area contributed by atoms with E-state index in [0.717, 1.165) is 5.56 Å². The second-order valence-electron chi connectivity index (χ2n) is 8.90. The summed E-state index contributed by atoms with van der Waals surface area (Å²) in [4.78, 5) is 24.7. The van der Waals surface area contributed by atoms with Gasteiger partial charge in [-0.2, -0.15) is 0 Å². The van der Waals surface area contributed by atoms with Crippen LogP contribution in [0.3, 0.4) is 0 Å². The molecule has 0 spiro atoms. The van der Waals surface area contributed by atoms with E-state index >= 15 is 0 Å². The summed E-state index contributed by atoms with van der Waals surface area (Å²) in [6.45, 7) is 12.0. The summed E-state index contributed by atoms with van der Waals surface area (Å²) in [5.74, 6) is -0.0712. The first-order chi connectivity index (χ1) is 17.0. The van der Waals surface area contributed by atoms with E-state index in [1.54, 1.807) is 31.3 Å². The van der Waals surface area contributed by atoms with Crippen LogP contribution in [-0.4, -0.2) is 57.7 Å². The van der Waals surface area contributed by atoms with Gasteiger partial charge in [0.1, 0.15) is 5.75 Å². The highest BCUT2D eigenvalue weighted by molar-refractivity contribution is 5.89. The van der Waals surface area contributed by atoms with E-state index < -0.39 is 6.36 Å². The first-order valence-electron chi connectivity index (χ1n) is 11.4. The van der Waals surface area contributed by atoms with Crippen LogP contribution in [0.1, 0.15) is 25.5 Å². The van der Waals surface area contributed by atoms with Crippen LogP contribution in [0.4, 0.5) is 24.7 Å². The van der Waals surface area contributed by atoms with Crippen LogP contribution < -0.4 is 15.2 Å². The number of alkyl halides is 3. The van der Waals surface area contributed by atoms with Crippen molar-refractivity contribution in [2.75, 3.05) is 24.6 Å². The van der Waals surface area contributed by atoms with Crippen molar-refractivity contribution in [2.45, 2.75) is 38.3 Å². The SMILES string of the molecule is [C-]#[N+]c1ccc2c(n1)c(N1C[C@@H](CO)N(C(C)c3ccc(OC(F)(F)F)cc3)C[C@@H]1C)cc(=O)n2C. The number of hydrogen-bond donors (Lipinski definition) is 1. The summed E-state index contributed by atoms with van der Waals surface area (Å²) in [5.41, 5.74) is 2.32. The molecule has 1 saturated heterocycles. The third-order valence-corrected chi connectivity index (χ3v) is 6.67. The van der Waals surface area contributed by atoms with Crippen LogP contribution in [0.25, 0.3) is 15.9 Å². The van der Waals surface area contributed by atoms with E-state index in [0.29, 0.717) is 29.8 Å². The maximum atomic E-state index is 12.7. The van der Waals surface area contributed by atoms with Crippen molar-refractivity contribution >= 4 is 22.5 Å². The highest BCUT2D eigenvalue weighted by Crippen LogP contribution is 2.34. The van der Waals surface area contributed by atoms with Crippen molar-refractivity contribution in [1.82, 2.24) is 14.5 Å². The Labute approximate surface area is 206 Å². The van der Waals surface area contributed by atoms with Crippen molar-refractivity contribution in [1.29, 1.82) is 0 Å². The van der Waals surface area contributed by atoms with E-state index in [1.807, 2.05) is 18.7 Å². The summed E-state index contributed by atoms with van der Waals surface area (Å²) in [7, 11) is 1.65. The molecule has 4 rings (SSSR count). The number of aromatic nitrogens is 2. The van der Waals surface area contributed by atoms with Crippen LogP contribution in [-0.2, 0) is 7.05 Å². The van der Waals surface area contributed by atoms with Crippen LogP contribution in [0, 0.1) is 6.57 Å². The molecule has 0 aliphatic carbocycles. The number of piperazine rings is 1. The van der Waals surface area contributed by atoms with Gasteiger partial charge >= 0.3 is 6.36 Å². The Balaban J connectivity index is 1.63. The number of anilines is 1. The largest absolute Gasteiger partial charge is 0.573 e. The van der Waals surface area contributed by atoms with Crippen molar-refractivity contribution in [3.8, 4) is 5.75 Å². The van der Waals surface area contributed by atoms with Gasteiger partial charge in [0.25, 0.3) is 11.4 Å². The Morgan fingerprint density at radius 3 is 2.53 bits per heavy atom. The van der Waals surface area contributed by atoms with Gasteiger partial charge < -0.3 is 24.2 Å². The number of pyridine rings is 2. The molecule has 3 aromatic rings. The first kappa shape index (κ1) is 25.5. The number of nitrogens with zero attached hydrogens (tertiary/aromatic N) is 5. The summed E-state index contributed by atoms with van der Waals surface area (Å²) < 4.78 is 42.9. The predicted molar refractivity (Wildman–Crippen MR) is 129 cm³/mol. The molecule has 190 valence electrons. The van der Waals surface area contributed by atoms with Gasteiger partial charge in [0, 0.05) is 38.3 Å². The molecule has 0 saturated carbocycles. The lowest BCUT2D eigenvalue weighted by atomic mass is 9.99. The first-order valence-corrected chi connectivity index (χ1v) is 11.4. The zero-order valence-corrected chi connectivity index (χ0v) is 20.0. The normalized spacial score (nSPS) is 19.8. The van der Waals surface area contributed by atoms with E-state index in [-0.39, 0.29) is 41.9 Å². The highest BCUT2D eigenvalue weighted by Gasteiger charge is 2.36. The molecule has 11 heteroatoms. The number of ether oxygens (including phenoxy) is 1. The monoisotopic (exact) mass is 501 g/mol. The number of fused-ring (bicyclic) bond motifs is 1. The zero-order chi connectivity index (χ0) is 26.2. The van der Waals surface area contributed by atoms with Crippen LogP contribution in [0.15, 0.2) is 47.3 Å². The molecular weight excluding hydrogens is 475 g/mol. The number of aliphatic hydroxyl groups is 1. The molecule has 3 heterocycles. The standard InChI is InChI=1S/C25H26F3N5O3/c1-15-12-33(16(2)17-5-7-19(8-6-17)36-25(26,27)28)18(14-34)13-32(15)21-11-23(35)31(4)20-9-10-22(29-3)30-24(20)21/h5-11,15-16,18,34H,12-14H2,1-2,4H3/t15-,16?,18-/m0/s1. The lowest BCUT2D eigenvalue weighted by Crippen LogP contribution is -2.59. The molecule has 0 amide bonds. The Morgan fingerprint density at radius 2 is 1.92 bits per heavy atom. The summed E-state index contributed by atoms with van der Waals surface area (Å²) in [6, 6.07) is 9.91. The summed E-state index contributed by atoms with van der Waals surface area (Å²) in [6.07, 6.45) is -4.76. The number of aliphatic hydroxyl groups excluding tert-OH is 1. The molecule has 1 aromatic carbocycles. The van der Waals surface area contributed by atoms with Crippen molar-refractivity contribution in [2.24, 2.45) is 7.05 Å². The second kappa shape index (κ2) is 9.79. The molecule has 8 nitrogen and oxygen atoms in total. The smallest absolute Gasteiger partial charge is 0.406 e. The quantitative estimate of drug-likeness (QED) is 0.533. The molecule has 1 fully saturated rings. The summed E-state index contributed by atoms with van der Waals surface area (Å²) in [5, 5.41) is 10.2. The maximum absolute atomic E-state index is 12.7. The van der Waals surface area contributed by atoms with E-state index in [2.05, 4.69) is 19.5 Å². The fourth-order valence-electron chi connectivity index (χ4n) is 4.76. The number of rotatable bonds is 5. The third kappa shape index (κ3) is 5.01. The Bertz CT molecular complexity index is 1350. The molecule has 3 atom stereocenters. The fraction of sp³-hybridized carbons (Fsp3) is 0.400. The number of benzene rings is 1. The number of aryl methyl sites for hydroxylation is 1. The van der Waals surface area contributed by atoms with E-state index in [9.17, 15) is 23.1 Å². The summed E-state index contributed by atoms with van der Waals surface area (Å²) >= 11 is 0. The molecule has 1 aliphatic rings. The average Bonchev–Trinajstić information content (AvgIpc) is 2.85. The van der Waals surface area contributed by atoms with Gasteiger partial charge in [0.15, 0.2) is 0 Å². The van der Waals surface area contributed by atoms with E-state index in [4.69, 9.17) is 6.57 Å². The van der Waals surface area contributed by atoms with Crippen molar-refractivity contribution in [3.63, 3.8) is 0 Å². The van der Waals surface area contributed by atoms with Gasteiger partial charge in [-0.05, 0) is 43.7 Å². The predicted octanol–water partition coefficient (Wildman–Crippen LogP) is 4.02. The zero-order valence-electron chi connectivity index (χ0n) is 20.0. The molecule has 0 bridgehead atoms. The second-order valence-corrected chi connectivity index (χ2v) is 8.90. The number of hydrogen-bond acceptors (Lipinski definition) is 6. The maximum Gasteiger partial charge on any atom is 0.573 e. The molecule has 1 N–H and O–H groups in total. The van der Waals surface area contributed by atoms with Crippen LogP contribution >= 0.6 is 0 Å². The third-order valence-electron chi connectivity index (χ3n) is 6.67. The molecule has 0 radical (unpaired) electrons. The van der Waals surface area contributed by atoms with Gasteiger partial charge in [-0.25, -0.2) is 0 Å². The average molecular weight is 502 g/mol. The van der Waals surface area contributed by atoms with Gasteiger partial charge in [0.05, 0.1) is 23.9 Å². The number of halogens is 3. The minimum Gasteiger partial charge on any atom is -0.406 e. The fourth-order valence-corrected chi connectivity index (χ4v) is 4.76. The van der Waals surface area contributed by atoms with Crippen LogP contribution in [0.2, 0.25) is 0 Å². The van der Waals surface area contributed by atoms with Gasteiger partial charge in [0.2, 0.25) is 5.52 Å². The lowest BCUT2D eigenvalue weighted by Gasteiger charge is -2.48. The van der Waals surface area contributed by atoms with Crippen molar-refractivity contribution in [3.05, 3.63) is 69.8 Å². The van der Waals surface area contributed by atoms with Crippen molar-refractivity contribution < 1.29 is 23.0 Å². The molecule has 36 heavy (non-hydrogen) atoms. The molecule has 2 aromatic heterocycles. The molecular formula is C25H26F3N5O3. The van der Waals surface area contributed by atoms with Gasteiger partial charge in [-0.1, -0.05) is 18.7 Å². The highest BCUT2D eigenvalue weighted by atomic mass is 19.4. The van der Waals surface area contributed by atoms with Gasteiger partial charge in [-0.3, -0.25) is 9.69 Å². The lowest BCUT2D eigenvalue weighted by molar-refractivity contribution is -0.274. The Hall–Kier alpha value is -3.62. The Kier molecular flexibility index (Phi) is 6.93. The van der Waals surface area contributed by atoms with Gasteiger partial charge in [-0.15, -0.1) is 18.2 Å². The van der Waals surface area contributed by atoms with Crippen LogP contribution in [0.5, 0.6) is 5.75 Å². The molecule has 1 aliphatic heterocycles. The molecule has 1 unspecified atom stereocenters. The minimum absolute atomic E-state index is 0.0863. The Morgan fingerprint density at radius 1 is 1.22 bits per heavy atom. The van der Waals surface area contributed by atoms with E-state index in [1.165, 1.54) is 22.8 Å².